The number of nitrogens with one attached hydrogen (secondary N) is 1. The number of rotatable bonds is 7. The van der Waals surface area contributed by atoms with E-state index in [0.717, 1.165) is 5.75 Å². The van der Waals surface area contributed by atoms with Crippen LogP contribution in [0.3, 0.4) is 0 Å². The van der Waals surface area contributed by atoms with Crippen LogP contribution in [0.1, 0.15) is 25.5 Å². The number of aliphatic hydroxyl groups excluding tert-OH is 1. The number of hydrogen-bond donors (Lipinski definition) is 2. The van der Waals surface area contributed by atoms with E-state index in [9.17, 15) is 0 Å². The standard InChI is InChI=1S/C14H23NO2S/c1-10(9-16)18-11(2)14(15-3)12-5-7-13(17-4)8-6-12/h5-8,10-11,14-16H,9H2,1-4H3. The number of methoxy groups -OCH3 is 1. The van der Waals surface area contributed by atoms with Crippen LogP contribution in [0.2, 0.25) is 0 Å². The summed E-state index contributed by atoms with van der Waals surface area (Å²) in [6.07, 6.45) is 0. The molecule has 1 aromatic rings. The van der Waals surface area contributed by atoms with E-state index in [2.05, 4.69) is 24.4 Å². The molecule has 0 aliphatic carbocycles. The van der Waals surface area contributed by atoms with Gasteiger partial charge in [0.15, 0.2) is 0 Å². The maximum Gasteiger partial charge on any atom is 0.118 e. The van der Waals surface area contributed by atoms with E-state index in [-0.39, 0.29) is 17.9 Å². The molecule has 1 rings (SSSR count). The van der Waals surface area contributed by atoms with Crippen molar-refractivity contribution >= 4 is 11.8 Å². The highest BCUT2D eigenvalue weighted by Crippen LogP contribution is 2.29. The first-order valence-corrected chi connectivity index (χ1v) is 7.14. The summed E-state index contributed by atoms with van der Waals surface area (Å²) in [7, 11) is 3.64. The predicted octanol–water partition coefficient (Wildman–Crippen LogP) is 2.46. The number of benzene rings is 1. The molecule has 3 nitrogen and oxygen atoms in total. The van der Waals surface area contributed by atoms with Gasteiger partial charge in [-0.05, 0) is 24.7 Å². The van der Waals surface area contributed by atoms with E-state index >= 15 is 0 Å². The fourth-order valence-corrected chi connectivity index (χ4v) is 3.24. The van der Waals surface area contributed by atoms with Gasteiger partial charge in [-0.25, -0.2) is 0 Å². The van der Waals surface area contributed by atoms with Crippen molar-refractivity contribution in [3.05, 3.63) is 29.8 Å². The van der Waals surface area contributed by atoms with Gasteiger partial charge >= 0.3 is 0 Å². The third-order valence-corrected chi connectivity index (χ3v) is 4.27. The Kier molecular flexibility index (Phi) is 6.54. The van der Waals surface area contributed by atoms with Crippen molar-refractivity contribution < 1.29 is 9.84 Å². The van der Waals surface area contributed by atoms with Crippen LogP contribution >= 0.6 is 11.8 Å². The van der Waals surface area contributed by atoms with Crippen molar-refractivity contribution in [2.45, 2.75) is 30.4 Å². The van der Waals surface area contributed by atoms with Gasteiger partial charge in [0, 0.05) is 16.5 Å². The van der Waals surface area contributed by atoms with Crippen molar-refractivity contribution in [3.8, 4) is 5.75 Å². The van der Waals surface area contributed by atoms with Gasteiger partial charge in [0.1, 0.15) is 5.75 Å². The lowest BCUT2D eigenvalue weighted by Crippen LogP contribution is -2.27. The zero-order valence-corrected chi connectivity index (χ0v) is 12.3. The maximum atomic E-state index is 9.12. The van der Waals surface area contributed by atoms with Gasteiger partial charge in [-0.2, -0.15) is 11.8 Å². The molecule has 18 heavy (non-hydrogen) atoms. The van der Waals surface area contributed by atoms with Crippen molar-refractivity contribution in [2.24, 2.45) is 0 Å². The van der Waals surface area contributed by atoms with E-state index in [1.165, 1.54) is 5.56 Å². The zero-order chi connectivity index (χ0) is 13.5. The largest absolute Gasteiger partial charge is 0.497 e. The highest BCUT2D eigenvalue weighted by molar-refractivity contribution is 8.00. The number of thioether (sulfide) groups is 1. The Balaban J connectivity index is 2.74. The molecule has 0 saturated carbocycles. The maximum absolute atomic E-state index is 9.12. The molecule has 0 saturated heterocycles. The molecule has 0 amide bonds. The highest BCUT2D eigenvalue weighted by atomic mass is 32.2. The van der Waals surface area contributed by atoms with Gasteiger partial charge in [0.05, 0.1) is 13.7 Å². The molecule has 0 aromatic heterocycles. The smallest absolute Gasteiger partial charge is 0.118 e. The number of aliphatic hydroxyl groups is 1. The van der Waals surface area contributed by atoms with Crippen LogP contribution in [0.4, 0.5) is 0 Å². The normalized spacial score (nSPS) is 16.1. The van der Waals surface area contributed by atoms with Crippen LogP contribution in [-0.2, 0) is 0 Å². The van der Waals surface area contributed by atoms with E-state index in [1.54, 1.807) is 18.9 Å². The van der Waals surface area contributed by atoms with Crippen LogP contribution in [0, 0.1) is 0 Å². The third-order valence-electron chi connectivity index (χ3n) is 2.96. The number of hydrogen-bond acceptors (Lipinski definition) is 4. The molecule has 3 atom stereocenters. The molecule has 0 radical (unpaired) electrons. The summed E-state index contributed by atoms with van der Waals surface area (Å²) in [4.78, 5) is 0. The Morgan fingerprint density at radius 3 is 2.33 bits per heavy atom. The molecule has 0 heterocycles. The van der Waals surface area contributed by atoms with Crippen molar-refractivity contribution in [2.75, 3.05) is 20.8 Å². The molecule has 3 unspecified atom stereocenters. The number of ether oxygens (including phenoxy) is 1. The summed E-state index contributed by atoms with van der Waals surface area (Å²) in [5.74, 6) is 0.873. The van der Waals surface area contributed by atoms with Crippen LogP contribution in [0.5, 0.6) is 5.75 Å². The fraction of sp³-hybridized carbons (Fsp3) is 0.571. The molecular weight excluding hydrogens is 246 g/mol. The van der Waals surface area contributed by atoms with Crippen molar-refractivity contribution in [3.63, 3.8) is 0 Å². The lowest BCUT2D eigenvalue weighted by Gasteiger charge is -2.25. The summed E-state index contributed by atoms with van der Waals surface area (Å²) in [6, 6.07) is 8.40. The minimum Gasteiger partial charge on any atom is -0.497 e. The first-order chi connectivity index (χ1) is 8.62. The predicted molar refractivity (Wildman–Crippen MR) is 78.4 cm³/mol. The van der Waals surface area contributed by atoms with Crippen molar-refractivity contribution in [1.82, 2.24) is 5.32 Å². The van der Waals surface area contributed by atoms with Crippen molar-refractivity contribution in [1.29, 1.82) is 0 Å². The summed E-state index contributed by atoms with van der Waals surface area (Å²) >= 11 is 1.79. The minimum atomic E-state index is 0.216. The molecule has 2 N–H and O–H groups in total. The summed E-state index contributed by atoms with van der Waals surface area (Å²) < 4.78 is 5.17. The highest BCUT2D eigenvalue weighted by Gasteiger charge is 2.20. The second-order valence-corrected chi connectivity index (χ2v) is 6.19. The monoisotopic (exact) mass is 269 g/mol. The lowest BCUT2D eigenvalue weighted by molar-refractivity contribution is 0.299. The topological polar surface area (TPSA) is 41.5 Å². The molecule has 1 aromatic carbocycles. The van der Waals surface area contributed by atoms with E-state index in [0.29, 0.717) is 5.25 Å². The molecule has 0 aliphatic heterocycles. The molecule has 0 bridgehead atoms. The van der Waals surface area contributed by atoms with E-state index < -0.39 is 0 Å². The van der Waals surface area contributed by atoms with Crippen LogP contribution < -0.4 is 10.1 Å². The van der Waals surface area contributed by atoms with Gasteiger partial charge in [-0.1, -0.05) is 26.0 Å². The molecule has 0 spiro atoms. The molecule has 102 valence electrons. The quantitative estimate of drug-likeness (QED) is 0.798. The third kappa shape index (κ3) is 4.19. The average molecular weight is 269 g/mol. The second kappa shape index (κ2) is 7.67. The average Bonchev–Trinajstić information content (AvgIpc) is 2.40. The van der Waals surface area contributed by atoms with Gasteiger partial charge < -0.3 is 15.2 Å². The summed E-state index contributed by atoms with van der Waals surface area (Å²) in [5, 5.41) is 13.1. The molecule has 4 heteroatoms. The van der Waals surface area contributed by atoms with Gasteiger partial charge in [0.2, 0.25) is 0 Å². The Morgan fingerprint density at radius 1 is 1.28 bits per heavy atom. The van der Waals surface area contributed by atoms with Gasteiger partial charge in [0.25, 0.3) is 0 Å². The van der Waals surface area contributed by atoms with Crippen LogP contribution in [-0.4, -0.2) is 36.4 Å². The van der Waals surface area contributed by atoms with Crippen LogP contribution in [0.25, 0.3) is 0 Å². The zero-order valence-electron chi connectivity index (χ0n) is 11.5. The minimum absolute atomic E-state index is 0.216. The fourth-order valence-electron chi connectivity index (χ4n) is 1.97. The SMILES string of the molecule is CNC(c1ccc(OC)cc1)C(C)SC(C)CO. The molecular formula is C14H23NO2S. The first kappa shape index (κ1) is 15.3. The van der Waals surface area contributed by atoms with E-state index in [4.69, 9.17) is 9.84 Å². The molecule has 0 fully saturated rings. The second-order valence-electron chi connectivity index (χ2n) is 4.37. The summed E-state index contributed by atoms with van der Waals surface area (Å²) in [6.45, 7) is 4.44. The molecule has 0 aliphatic rings. The van der Waals surface area contributed by atoms with Gasteiger partial charge in [-0.15, -0.1) is 0 Å². The van der Waals surface area contributed by atoms with Gasteiger partial charge in [-0.3, -0.25) is 0 Å². The lowest BCUT2D eigenvalue weighted by atomic mass is 10.0. The first-order valence-electron chi connectivity index (χ1n) is 6.20. The Morgan fingerprint density at radius 2 is 1.89 bits per heavy atom. The summed E-state index contributed by atoms with van der Waals surface area (Å²) in [5.41, 5.74) is 1.24. The Hall–Kier alpha value is -0.710. The van der Waals surface area contributed by atoms with E-state index in [1.807, 2.05) is 26.1 Å². The van der Waals surface area contributed by atoms with Crippen LogP contribution in [0.15, 0.2) is 24.3 Å². The Labute approximate surface area is 114 Å². The Bertz CT molecular complexity index is 342.